The largest absolute Gasteiger partial charge is 0.392 e. The number of para-hydroxylation sites is 1. The maximum atomic E-state index is 13.8. The lowest BCUT2D eigenvalue weighted by Crippen LogP contribution is -2.27. The van der Waals surface area contributed by atoms with E-state index in [1.165, 1.54) is 12.1 Å². The lowest BCUT2D eigenvalue weighted by molar-refractivity contribution is 0.191. The first-order chi connectivity index (χ1) is 14.0. The summed E-state index contributed by atoms with van der Waals surface area (Å²) < 4.78 is 15.5. The van der Waals surface area contributed by atoms with Crippen molar-refractivity contribution in [3.63, 3.8) is 0 Å². The third-order valence-corrected chi connectivity index (χ3v) is 4.62. The Morgan fingerprint density at radius 2 is 1.97 bits per heavy atom. The second kappa shape index (κ2) is 7.98. The van der Waals surface area contributed by atoms with E-state index in [1.807, 2.05) is 30.3 Å². The van der Waals surface area contributed by atoms with Crippen molar-refractivity contribution >= 4 is 11.0 Å². The minimum atomic E-state index is -0.513. The molecule has 1 atom stereocenters. The molecule has 0 radical (unpaired) electrons. The molecule has 29 heavy (non-hydrogen) atoms. The van der Waals surface area contributed by atoms with Crippen LogP contribution in [0.4, 0.5) is 4.39 Å². The molecule has 4 rings (SSSR count). The Balaban J connectivity index is 1.89. The van der Waals surface area contributed by atoms with Crippen molar-refractivity contribution < 1.29 is 9.50 Å². The Kier molecular flexibility index (Phi) is 5.24. The molecule has 4 aromatic rings. The minimum absolute atomic E-state index is 0.238. The number of benzene rings is 2. The summed E-state index contributed by atoms with van der Waals surface area (Å²) in [5.41, 5.74) is 2.81. The maximum Gasteiger partial charge on any atom is 0.254 e. The second-order valence-electron chi connectivity index (χ2n) is 6.97. The zero-order valence-corrected chi connectivity index (χ0v) is 15.9. The Morgan fingerprint density at radius 1 is 1.17 bits per heavy atom. The van der Waals surface area contributed by atoms with Crippen LogP contribution < -0.4 is 10.9 Å². The van der Waals surface area contributed by atoms with Gasteiger partial charge in [-0.2, -0.15) is 5.10 Å². The molecule has 2 aromatic carbocycles. The van der Waals surface area contributed by atoms with E-state index in [4.69, 9.17) is 0 Å². The van der Waals surface area contributed by atoms with E-state index in [0.29, 0.717) is 40.9 Å². The smallest absolute Gasteiger partial charge is 0.254 e. The lowest BCUT2D eigenvalue weighted by atomic mass is 10.1. The van der Waals surface area contributed by atoms with Crippen LogP contribution in [0.2, 0.25) is 0 Å². The topological polar surface area (TPSA) is 82.9 Å². The van der Waals surface area contributed by atoms with Crippen LogP contribution in [-0.4, -0.2) is 32.5 Å². The van der Waals surface area contributed by atoms with Gasteiger partial charge in [0.15, 0.2) is 0 Å². The average Bonchev–Trinajstić information content (AvgIpc) is 3.07. The summed E-state index contributed by atoms with van der Waals surface area (Å²) in [6, 6.07) is 17.4. The second-order valence-corrected chi connectivity index (χ2v) is 6.97. The third-order valence-electron chi connectivity index (χ3n) is 4.62. The SMILES string of the molecule is C[C@H](O)CNCc1cc2c(-c3cccc(F)c3)nn(-c3ccccc3)c2[nH]c1=O. The van der Waals surface area contributed by atoms with Gasteiger partial charge in [-0.25, -0.2) is 9.07 Å². The summed E-state index contributed by atoms with van der Waals surface area (Å²) in [5, 5.41) is 17.9. The number of nitrogens with zero attached hydrogens (tertiary/aromatic N) is 2. The standard InChI is InChI=1S/C22H21FN4O2/c1-14(28)12-24-13-16-11-19-20(15-6-5-7-17(23)10-15)26-27(21(19)25-22(16)29)18-8-3-2-4-9-18/h2-11,14,24,28H,12-13H2,1H3,(H,25,29)/t14-/m0/s1. The maximum absolute atomic E-state index is 13.8. The monoisotopic (exact) mass is 392 g/mol. The summed E-state index contributed by atoms with van der Waals surface area (Å²) in [7, 11) is 0. The molecule has 2 heterocycles. The van der Waals surface area contributed by atoms with Gasteiger partial charge in [0.05, 0.1) is 11.8 Å². The summed E-state index contributed by atoms with van der Waals surface area (Å²) in [6.45, 7) is 2.35. The summed E-state index contributed by atoms with van der Waals surface area (Å²) in [4.78, 5) is 15.6. The Bertz CT molecular complexity index is 1200. The van der Waals surface area contributed by atoms with Gasteiger partial charge >= 0.3 is 0 Å². The first-order valence-electron chi connectivity index (χ1n) is 9.38. The number of rotatable bonds is 6. The van der Waals surface area contributed by atoms with Gasteiger partial charge in [0.2, 0.25) is 0 Å². The molecule has 0 saturated heterocycles. The van der Waals surface area contributed by atoms with Crippen LogP contribution in [0.5, 0.6) is 0 Å². The van der Waals surface area contributed by atoms with Gasteiger partial charge in [0, 0.05) is 29.6 Å². The van der Waals surface area contributed by atoms with Crippen molar-refractivity contribution in [3.05, 3.63) is 82.4 Å². The predicted octanol–water partition coefficient (Wildman–Crippen LogP) is 2.99. The van der Waals surface area contributed by atoms with Gasteiger partial charge in [-0.1, -0.05) is 30.3 Å². The van der Waals surface area contributed by atoms with E-state index in [9.17, 15) is 14.3 Å². The minimum Gasteiger partial charge on any atom is -0.392 e. The van der Waals surface area contributed by atoms with Crippen molar-refractivity contribution in [2.24, 2.45) is 0 Å². The van der Waals surface area contributed by atoms with E-state index in [1.54, 1.807) is 29.8 Å². The first kappa shape index (κ1) is 19.0. The summed E-state index contributed by atoms with van der Waals surface area (Å²) >= 11 is 0. The number of nitrogens with one attached hydrogen (secondary N) is 2. The molecular weight excluding hydrogens is 371 g/mol. The number of pyridine rings is 1. The average molecular weight is 392 g/mol. The van der Waals surface area contributed by atoms with Gasteiger partial charge in [0.1, 0.15) is 17.2 Å². The Morgan fingerprint density at radius 3 is 2.69 bits per heavy atom. The van der Waals surface area contributed by atoms with Gasteiger partial charge < -0.3 is 15.4 Å². The Labute approximate surface area is 166 Å². The molecule has 0 unspecified atom stereocenters. The van der Waals surface area contributed by atoms with Crippen molar-refractivity contribution in [1.29, 1.82) is 0 Å². The van der Waals surface area contributed by atoms with E-state index < -0.39 is 6.10 Å². The highest BCUT2D eigenvalue weighted by molar-refractivity contribution is 5.92. The fourth-order valence-electron chi connectivity index (χ4n) is 3.27. The molecule has 3 N–H and O–H groups in total. The summed E-state index contributed by atoms with van der Waals surface area (Å²) in [6.07, 6.45) is -0.513. The first-order valence-corrected chi connectivity index (χ1v) is 9.38. The van der Waals surface area contributed by atoms with Crippen molar-refractivity contribution in [2.75, 3.05) is 6.54 Å². The highest BCUT2D eigenvalue weighted by Gasteiger charge is 2.17. The van der Waals surface area contributed by atoms with E-state index in [0.717, 1.165) is 5.69 Å². The molecule has 0 amide bonds. The molecule has 0 spiro atoms. The predicted molar refractivity (Wildman–Crippen MR) is 110 cm³/mol. The molecule has 2 aromatic heterocycles. The van der Waals surface area contributed by atoms with E-state index in [2.05, 4.69) is 15.4 Å². The van der Waals surface area contributed by atoms with E-state index in [-0.39, 0.29) is 11.4 Å². The molecule has 0 bridgehead atoms. The van der Waals surface area contributed by atoms with Gasteiger partial charge in [-0.3, -0.25) is 4.79 Å². The molecule has 7 heteroatoms. The fraction of sp³-hybridized carbons (Fsp3) is 0.182. The lowest BCUT2D eigenvalue weighted by Gasteiger charge is -2.07. The molecule has 148 valence electrons. The van der Waals surface area contributed by atoms with E-state index >= 15 is 0 Å². The number of fused-ring (bicyclic) bond motifs is 1. The summed E-state index contributed by atoms with van der Waals surface area (Å²) in [5.74, 6) is -0.354. The normalized spacial score (nSPS) is 12.4. The number of aromatic nitrogens is 3. The molecular formula is C22H21FN4O2. The van der Waals surface area contributed by atoms with Crippen LogP contribution in [0, 0.1) is 5.82 Å². The zero-order chi connectivity index (χ0) is 20.4. The molecule has 0 fully saturated rings. The number of H-pyrrole nitrogens is 1. The zero-order valence-electron chi connectivity index (χ0n) is 15.9. The van der Waals surface area contributed by atoms with Crippen LogP contribution >= 0.6 is 0 Å². The molecule has 0 aliphatic rings. The number of aromatic amines is 1. The van der Waals surface area contributed by atoms with Crippen molar-refractivity contribution in [2.45, 2.75) is 19.6 Å². The quantitative estimate of drug-likeness (QED) is 0.471. The molecule has 0 saturated carbocycles. The number of hydrogen-bond donors (Lipinski definition) is 3. The molecule has 6 nitrogen and oxygen atoms in total. The number of halogens is 1. The Hall–Kier alpha value is -3.29. The highest BCUT2D eigenvalue weighted by atomic mass is 19.1. The van der Waals surface area contributed by atoms with Crippen LogP contribution in [-0.2, 0) is 6.54 Å². The third kappa shape index (κ3) is 3.96. The van der Waals surface area contributed by atoms with Crippen molar-refractivity contribution in [1.82, 2.24) is 20.1 Å². The van der Waals surface area contributed by atoms with Gasteiger partial charge in [0.25, 0.3) is 5.56 Å². The van der Waals surface area contributed by atoms with Crippen molar-refractivity contribution in [3.8, 4) is 16.9 Å². The van der Waals surface area contributed by atoms with Crippen LogP contribution in [0.3, 0.4) is 0 Å². The molecule has 0 aliphatic heterocycles. The van der Waals surface area contributed by atoms with Crippen LogP contribution in [0.15, 0.2) is 65.5 Å². The molecule has 0 aliphatic carbocycles. The highest BCUT2D eigenvalue weighted by Crippen LogP contribution is 2.29. The van der Waals surface area contributed by atoms with Crippen LogP contribution in [0.25, 0.3) is 28.0 Å². The number of hydrogen-bond acceptors (Lipinski definition) is 4. The van der Waals surface area contributed by atoms with Gasteiger partial charge in [-0.15, -0.1) is 0 Å². The fourth-order valence-corrected chi connectivity index (χ4v) is 3.27. The number of aliphatic hydroxyl groups is 1. The van der Waals surface area contributed by atoms with Crippen LogP contribution in [0.1, 0.15) is 12.5 Å². The number of aliphatic hydroxyl groups excluding tert-OH is 1. The van der Waals surface area contributed by atoms with Gasteiger partial charge in [-0.05, 0) is 37.3 Å².